The quantitative estimate of drug-likeness (QED) is 0.333. The number of carbonyl (C=O) groups excluding carboxylic acids is 1. The third-order valence-electron chi connectivity index (χ3n) is 6.10. The van der Waals surface area contributed by atoms with E-state index in [9.17, 15) is 4.79 Å². The number of nitrogens with zero attached hydrogens (tertiary/aromatic N) is 4. The number of aromatic nitrogens is 1. The molecular formula is C28H34N4OS. The van der Waals surface area contributed by atoms with Crippen LogP contribution < -0.4 is 4.90 Å². The Bertz CT molecular complexity index is 1100. The van der Waals surface area contributed by atoms with Gasteiger partial charge in [-0.15, -0.1) is 6.58 Å². The van der Waals surface area contributed by atoms with Gasteiger partial charge in [0.1, 0.15) is 5.00 Å². The van der Waals surface area contributed by atoms with Crippen molar-refractivity contribution in [2.24, 2.45) is 5.92 Å². The van der Waals surface area contributed by atoms with Crippen molar-refractivity contribution >= 4 is 22.6 Å². The number of rotatable bonds is 9. The summed E-state index contributed by atoms with van der Waals surface area (Å²) in [5, 5.41) is 0.923. The fraction of sp³-hybridized carbons (Fsp3) is 0.357. The van der Waals surface area contributed by atoms with Gasteiger partial charge in [0.25, 0.3) is 0 Å². The molecule has 2 heterocycles. The van der Waals surface area contributed by atoms with Gasteiger partial charge >= 0.3 is 6.03 Å². The molecule has 34 heavy (non-hydrogen) atoms. The number of hydrogen-bond acceptors (Lipinski definition) is 4. The highest BCUT2D eigenvalue weighted by Crippen LogP contribution is 2.40. The van der Waals surface area contributed by atoms with Crippen molar-refractivity contribution in [3.8, 4) is 11.1 Å². The smallest absolute Gasteiger partial charge is 0.308 e. The van der Waals surface area contributed by atoms with Gasteiger partial charge in [-0.3, -0.25) is 9.80 Å². The topological polar surface area (TPSA) is 39.7 Å². The van der Waals surface area contributed by atoms with Gasteiger partial charge in [-0.05, 0) is 41.9 Å². The lowest BCUT2D eigenvalue weighted by Crippen LogP contribution is -2.60. The van der Waals surface area contributed by atoms with Crippen molar-refractivity contribution in [2.75, 3.05) is 24.8 Å². The maximum absolute atomic E-state index is 13.8. The van der Waals surface area contributed by atoms with E-state index in [0.717, 1.165) is 41.2 Å². The molecule has 2 amide bonds. The van der Waals surface area contributed by atoms with Crippen LogP contribution in [0.3, 0.4) is 0 Å². The Labute approximate surface area is 207 Å². The summed E-state index contributed by atoms with van der Waals surface area (Å²) >= 11 is 1.43. The van der Waals surface area contributed by atoms with Crippen LogP contribution in [0, 0.1) is 5.92 Å². The molecule has 3 aromatic rings. The van der Waals surface area contributed by atoms with Crippen molar-refractivity contribution in [3.05, 3.63) is 84.6 Å². The molecule has 0 bridgehead atoms. The van der Waals surface area contributed by atoms with E-state index in [2.05, 4.69) is 68.6 Å². The molecule has 178 valence electrons. The van der Waals surface area contributed by atoms with Crippen LogP contribution in [0.25, 0.3) is 11.1 Å². The molecule has 2 aromatic carbocycles. The van der Waals surface area contributed by atoms with Gasteiger partial charge in [-0.2, -0.15) is 4.37 Å². The molecule has 1 aromatic heterocycles. The van der Waals surface area contributed by atoms with Crippen LogP contribution >= 0.6 is 11.5 Å². The van der Waals surface area contributed by atoms with Crippen LogP contribution in [0.4, 0.5) is 9.80 Å². The second-order valence-corrected chi connectivity index (χ2v) is 10.2. The molecule has 1 atom stereocenters. The Morgan fingerprint density at radius 3 is 2.35 bits per heavy atom. The Kier molecular flexibility index (Phi) is 7.80. The minimum absolute atomic E-state index is 0.0430. The zero-order valence-electron chi connectivity index (χ0n) is 20.4. The summed E-state index contributed by atoms with van der Waals surface area (Å²) in [4.78, 5) is 20.1. The molecule has 0 saturated carbocycles. The van der Waals surface area contributed by atoms with E-state index in [1.54, 1.807) is 0 Å². The number of anilines is 1. The molecule has 0 aliphatic carbocycles. The largest absolute Gasteiger partial charge is 0.327 e. The average Bonchev–Trinajstić information content (AvgIpc) is 3.24. The minimum Gasteiger partial charge on any atom is -0.308 e. The first kappa shape index (κ1) is 24.2. The summed E-state index contributed by atoms with van der Waals surface area (Å²) in [5.74, 6) is 0.510. The molecule has 6 heteroatoms. The summed E-state index contributed by atoms with van der Waals surface area (Å²) in [5.41, 5.74) is 4.38. The first-order chi connectivity index (χ1) is 16.5. The predicted molar refractivity (Wildman–Crippen MR) is 142 cm³/mol. The zero-order valence-corrected chi connectivity index (χ0v) is 21.2. The van der Waals surface area contributed by atoms with Gasteiger partial charge in [0.2, 0.25) is 0 Å². The first-order valence-electron chi connectivity index (χ1n) is 12.0. The molecule has 1 fully saturated rings. The van der Waals surface area contributed by atoms with Crippen LogP contribution in [0.15, 0.2) is 73.3 Å². The van der Waals surface area contributed by atoms with Crippen molar-refractivity contribution in [2.45, 2.75) is 39.7 Å². The van der Waals surface area contributed by atoms with Crippen molar-refractivity contribution < 1.29 is 4.79 Å². The lowest BCUT2D eigenvalue weighted by molar-refractivity contribution is 0.0868. The van der Waals surface area contributed by atoms with Crippen LogP contribution in [0.5, 0.6) is 0 Å². The SMILES string of the molecule is C=CCC(C)N1CN(CC(C)C)CN(c2snc(Cc3ccccc3)c2-c2ccccc2)C1=O. The van der Waals surface area contributed by atoms with Gasteiger partial charge in [0.15, 0.2) is 0 Å². The Morgan fingerprint density at radius 2 is 1.71 bits per heavy atom. The van der Waals surface area contributed by atoms with E-state index in [1.165, 1.54) is 17.1 Å². The Morgan fingerprint density at radius 1 is 1.03 bits per heavy atom. The lowest BCUT2D eigenvalue weighted by atomic mass is 10.0. The van der Waals surface area contributed by atoms with Crippen molar-refractivity contribution in [3.63, 3.8) is 0 Å². The highest BCUT2D eigenvalue weighted by Gasteiger charge is 2.36. The molecule has 1 aliphatic heterocycles. The van der Waals surface area contributed by atoms with E-state index in [1.807, 2.05) is 40.1 Å². The Balaban J connectivity index is 1.76. The fourth-order valence-corrected chi connectivity index (χ4v) is 5.43. The summed E-state index contributed by atoms with van der Waals surface area (Å²) in [6, 6.07) is 20.9. The van der Waals surface area contributed by atoms with E-state index < -0.39 is 0 Å². The summed E-state index contributed by atoms with van der Waals surface area (Å²) in [6.45, 7) is 12.6. The van der Waals surface area contributed by atoms with Crippen molar-refractivity contribution in [1.82, 2.24) is 14.2 Å². The first-order valence-corrected chi connectivity index (χ1v) is 12.7. The van der Waals surface area contributed by atoms with E-state index >= 15 is 0 Å². The summed E-state index contributed by atoms with van der Waals surface area (Å²) < 4.78 is 4.88. The third-order valence-corrected chi connectivity index (χ3v) is 7.01. The number of hydrogen-bond donors (Lipinski definition) is 0. The standard InChI is InChI=1S/C28H34N4OS/c1-5-12-22(4)31-19-30(18-21(2)3)20-32(28(31)33)27-26(24-15-10-7-11-16-24)25(29-34-27)17-23-13-8-6-9-14-23/h5-11,13-16,21-22H,1,12,17-20H2,2-4H3. The lowest BCUT2D eigenvalue weighted by Gasteiger charge is -2.44. The average molecular weight is 475 g/mol. The number of benzene rings is 2. The van der Waals surface area contributed by atoms with Gasteiger partial charge in [0, 0.05) is 24.6 Å². The van der Waals surface area contributed by atoms with E-state index in [0.29, 0.717) is 19.3 Å². The second-order valence-electron chi connectivity index (χ2n) is 9.42. The predicted octanol–water partition coefficient (Wildman–Crippen LogP) is 6.48. The highest BCUT2D eigenvalue weighted by atomic mass is 32.1. The van der Waals surface area contributed by atoms with Crippen LogP contribution in [0.2, 0.25) is 0 Å². The van der Waals surface area contributed by atoms with Gasteiger partial charge < -0.3 is 4.90 Å². The molecule has 1 unspecified atom stereocenters. The molecular weight excluding hydrogens is 440 g/mol. The molecule has 5 nitrogen and oxygen atoms in total. The monoisotopic (exact) mass is 474 g/mol. The second kappa shape index (κ2) is 11.0. The van der Waals surface area contributed by atoms with Crippen LogP contribution in [-0.4, -0.2) is 46.1 Å². The molecule has 0 spiro atoms. The van der Waals surface area contributed by atoms with E-state index in [-0.39, 0.29) is 12.1 Å². The zero-order chi connectivity index (χ0) is 24.1. The maximum Gasteiger partial charge on any atom is 0.327 e. The summed E-state index contributed by atoms with van der Waals surface area (Å²) in [6.07, 6.45) is 3.39. The minimum atomic E-state index is 0.0430. The number of carbonyl (C=O) groups is 1. The van der Waals surface area contributed by atoms with Crippen LogP contribution in [-0.2, 0) is 6.42 Å². The molecule has 0 N–H and O–H groups in total. The van der Waals surface area contributed by atoms with Gasteiger partial charge in [0.05, 0.1) is 19.0 Å². The van der Waals surface area contributed by atoms with Crippen LogP contribution in [0.1, 0.15) is 38.4 Å². The van der Waals surface area contributed by atoms with Gasteiger partial charge in [-0.1, -0.05) is 80.6 Å². The molecule has 1 saturated heterocycles. The fourth-order valence-electron chi connectivity index (χ4n) is 4.52. The number of amides is 2. The summed E-state index contributed by atoms with van der Waals surface area (Å²) in [7, 11) is 0. The maximum atomic E-state index is 13.8. The molecule has 1 aliphatic rings. The third kappa shape index (κ3) is 5.40. The normalized spacial score (nSPS) is 15.7. The van der Waals surface area contributed by atoms with Crippen molar-refractivity contribution in [1.29, 1.82) is 0 Å². The Hall–Kier alpha value is -2.96. The molecule has 0 radical (unpaired) electrons. The van der Waals surface area contributed by atoms with Gasteiger partial charge in [-0.25, -0.2) is 4.79 Å². The highest BCUT2D eigenvalue weighted by molar-refractivity contribution is 7.11. The molecule has 4 rings (SSSR count). The van der Waals surface area contributed by atoms with E-state index in [4.69, 9.17) is 4.37 Å². The number of urea groups is 1.